The molecule has 2 saturated heterocycles. The van der Waals surface area contributed by atoms with Crippen LogP contribution in [0.1, 0.15) is 37.7 Å². The maximum atomic E-state index is 12.5. The maximum Gasteiger partial charge on any atom is 0.321 e. The summed E-state index contributed by atoms with van der Waals surface area (Å²) >= 11 is 0. The standard InChI is InChI=1S/C20H28N4O2.ClH/c25-18(17-13-20(17)6-8-21-9-7-20)22-14-15-4-3-5-16(12-15)23-19(26)24-10-1-2-11-24;/h3-5,12,17,21H,1-2,6-11,13-14H2,(H,22,25)(H,23,26);1H. The molecule has 1 atom stereocenters. The largest absolute Gasteiger partial charge is 0.352 e. The number of urea groups is 1. The van der Waals surface area contributed by atoms with Crippen molar-refractivity contribution < 1.29 is 9.59 Å². The van der Waals surface area contributed by atoms with Crippen LogP contribution >= 0.6 is 12.4 Å². The zero-order valence-corrected chi connectivity index (χ0v) is 16.4. The molecule has 2 aliphatic heterocycles. The molecule has 3 fully saturated rings. The van der Waals surface area contributed by atoms with Crippen molar-refractivity contribution in [3.63, 3.8) is 0 Å². The third-order valence-corrected chi connectivity index (χ3v) is 6.14. The van der Waals surface area contributed by atoms with Crippen molar-refractivity contribution in [2.75, 3.05) is 31.5 Å². The van der Waals surface area contributed by atoms with Crippen LogP contribution in [0.15, 0.2) is 24.3 Å². The average molecular weight is 393 g/mol. The third-order valence-electron chi connectivity index (χ3n) is 6.14. The van der Waals surface area contributed by atoms with E-state index in [0.29, 0.717) is 6.54 Å². The normalized spacial score (nSPS) is 22.8. The predicted octanol–water partition coefficient (Wildman–Crippen LogP) is 2.74. The minimum atomic E-state index is -0.0329. The van der Waals surface area contributed by atoms with E-state index >= 15 is 0 Å². The number of piperidine rings is 1. The number of anilines is 1. The lowest BCUT2D eigenvalue weighted by Gasteiger charge is -2.23. The molecule has 27 heavy (non-hydrogen) atoms. The molecule has 1 saturated carbocycles. The van der Waals surface area contributed by atoms with Gasteiger partial charge in [-0.3, -0.25) is 4.79 Å². The molecule has 0 bridgehead atoms. The van der Waals surface area contributed by atoms with Crippen molar-refractivity contribution in [3.05, 3.63) is 29.8 Å². The topological polar surface area (TPSA) is 73.5 Å². The lowest BCUT2D eigenvalue weighted by molar-refractivity contribution is -0.123. The molecule has 0 aromatic heterocycles. The number of rotatable bonds is 4. The number of benzene rings is 1. The number of carbonyl (C=O) groups excluding carboxylic acids is 2. The van der Waals surface area contributed by atoms with Crippen molar-refractivity contribution >= 4 is 30.0 Å². The molecular weight excluding hydrogens is 364 g/mol. The Morgan fingerprint density at radius 3 is 2.67 bits per heavy atom. The predicted molar refractivity (Wildman–Crippen MR) is 108 cm³/mol. The number of halogens is 1. The minimum absolute atomic E-state index is 0. The summed E-state index contributed by atoms with van der Waals surface area (Å²) in [7, 11) is 0. The van der Waals surface area contributed by atoms with Crippen LogP contribution in [0.4, 0.5) is 10.5 Å². The van der Waals surface area contributed by atoms with Crippen LogP contribution in [-0.4, -0.2) is 43.0 Å². The summed E-state index contributed by atoms with van der Waals surface area (Å²) in [4.78, 5) is 26.5. The second-order valence-electron chi connectivity index (χ2n) is 7.91. The van der Waals surface area contributed by atoms with E-state index in [-0.39, 0.29) is 35.7 Å². The first kappa shape index (κ1) is 20.0. The Labute approximate surface area is 166 Å². The van der Waals surface area contributed by atoms with E-state index in [4.69, 9.17) is 0 Å². The van der Waals surface area contributed by atoms with E-state index in [1.165, 1.54) is 0 Å². The zero-order chi connectivity index (χ0) is 18.0. The van der Waals surface area contributed by atoms with E-state index in [1.807, 2.05) is 29.2 Å². The number of carbonyl (C=O) groups is 2. The van der Waals surface area contributed by atoms with Gasteiger partial charge in [-0.25, -0.2) is 4.79 Å². The van der Waals surface area contributed by atoms with Crippen LogP contribution in [0.2, 0.25) is 0 Å². The van der Waals surface area contributed by atoms with Gasteiger partial charge in [-0.05, 0) is 68.3 Å². The summed E-state index contributed by atoms with van der Waals surface area (Å²) in [5.41, 5.74) is 2.06. The minimum Gasteiger partial charge on any atom is -0.352 e. The van der Waals surface area contributed by atoms with Crippen LogP contribution in [0.5, 0.6) is 0 Å². The molecule has 7 heteroatoms. The van der Waals surface area contributed by atoms with Crippen LogP contribution in [0, 0.1) is 11.3 Å². The van der Waals surface area contributed by atoms with Crippen molar-refractivity contribution in [2.24, 2.45) is 11.3 Å². The molecule has 4 rings (SSSR count). The smallest absolute Gasteiger partial charge is 0.321 e. The number of hydrogen-bond acceptors (Lipinski definition) is 3. The van der Waals surface area contributed by atoms with Crippen molar-refractivity contribution in [2.45, 2.75) is 38.6 Å². The van der Waals surface area contributed by atoms with Gasteiger partial charge < -0.3 is 20.9 Å². The van der Waals surface area contributed by atoms with Crippen LogP contribution in [0.3, 0.4) is 0 Å². The fourth-order valence-corrected chi connectivity index (χ4v) is 4.39. The summed E-state index contributed by atoms with van der Waals surface area (Å²) in [5.74, 6) is 0.362. The van der Waals surface area contributed by atoms with Gasteiger partial charge >= 0.3 is 6.03 Å². The highest BCUT2D eigenvalue weighted by molar-refractivity contribution is 5.89. The SMILES string of the molecule is Cl.O=C(NCc1cccc(NC(=O)N2CCCC2)c1)C1CC12CCNCC2. The molecule has 3 amide bonds. The summed E-state index contributed by atoms with van der Waals surface area (Å²) in [6.07, 6.45) is 5.43. The van der Waals surface area contributed by atoms with E-state index < -0.39 is 0 Å². The molecule has 1 unspecified atom stereocenters. The van der Waals surface area contributed by atoms with Gasteiger partial charge in [0.15, 0.2) is 0 Å². The average Bonchev–Trinajstić information content (AvgIpc) is 3.09. The van der Waals surface area contributed by atoms with Crippen molar-refractivity contribution in [1.29, 1.82) is 0 Å². The van der Waals surface area contributed by atoms with Gasteiger partial charge in [-0.2, -0.15) is 0 Å². The molecule has 3 N–H and O–H groups in total. The number of likely N-dealkylation sites (tertiary alicyclic amines) is 1. The van der Waals surface area contributed by atoms with E-state index in [1.54, 1.807) is 0 Å². The van der Waals surface area contributed by atoms with Gasteiger partial charge in [0.2, 0.25) is 5.91 Å². The second kappa shape index (κ2) is 8.48. The summed E-state index contributed by atoms with van der Waals surface area (Å²) in [6, 6.07) is 7.71. The zero-order valence-electron chi connectivity index (χ0n) is 15.6. The van der Waals surface area contributed by atoms with Gasteiger partial charge in [0.25, 0.3) is 0 Å². The first-order valence-corrected chi connectivity index (χ1v) is 9.80. The molecular formula is C20H29ClN4O2. The number of nitrogens with one attached hydrogen (secondary N) is 3. The molecule has 1 aromatic carbocycles. The Kier molecular flexibility index (Phi) is 6.27. The van der Waals surface area contributed by atoms with Crippen molar-refractivity contribution in [3.8, 4) is 0 Å². The third kappa shape index (κ3) is 4.55. The van der Waals surface area contributed by atoms with E-state index in [2.05, 4.69) is 16.0 Å². The Morgan fingerprint density at radius 2 is 1.93 bits per heavy atom. The Balaban J connectivity index is 0.00000210. The Hall–Kier alpha value is -1.79. The quantitative estimate of drug-likeness (QED) is 0.737. The number of nitrogens with zero attached hydrogens (tertiary/aromatic N) is 1. The monoisotopic (exact) mass is 392 g/mol. The van der Waals surface area contributed by atoms with Gasteiger partial charge in [-0.15, -0.1) is 12.4 Å². The Bertz CT molecular complexity index is 684. The van der Waals surface area contributed by atoms with Gasteiger partial charge in [0.1, 0.15) is 0 Å². The first-order valence-electron chi connectivity index (χ1n) is 9.80. The molecule has 0 radical (unpaired) electrons. The highest BCUT2D eigenvalue weighted by Gasteiger charge is 2.57. The van der Waals surface area contributed by atoms with Gasteiger partial charge in [-0.1, -0.05) is 12.1 Å². The van der Waals surface area contributed by atoms with Crippen LogP contribution in [-0.2, 0) is 11.3 Å². The van der Waals surface area contributed by atoms with E-state index in [9.17, 15) is 9.59 Å². The number of hydrogen-bond donors (Lipinski definition) is 3. The highest BCUT2D eigenvalue weighted by Crippen LogP contribution is 2.58. The Morgan fingerprint density at radius 1 is 1.19 bits per heavy atom. The second-order valence-corrected chi connectivity index (χ2v) is 7.91. The van der Waals surface area contributed by atoms with Gasteiger partial charge in [0.05, 0.1) is 0 Å². The molecule has 148 valence electrons. The summed E-state index contributed by atoms with van der Waals surface area (Å²) in [6.45, 7) is 4.24. The van der Waals surface area contributed by atoms with Crippen LogP contribution < -0.4 is 16.0 Å². The van der Waals surface area contributed by atoms with Crippen molar-refractivity contribution in [1.82, 2.24) is 15.5 Å². The molecule has 1 aromatic rings. The molecule has 2 heterocycles. The lowest BCUT2D eigenvalue weighted by atomic mass is 9.92. The summed E-state index contributed by atoms with van der Waals surface area (Å²) in [5, 5.41) is 9.42. The molecule has 1 aliphatic carbocycles. The van der Waals surface area contributed by atoms with Crippen LogP contribution in [0.25, 0.3) is 0 Å². The number of amides is 3. The summed E-state index contributed by atoms with van der Waals surface area (Å²) < 4.78 is 0. The molecule has 3 aliphatic rings. The highest BCUT2D eigenvalue weighted by atomic mass is 35.5. The van der Waals surface area contributed by atoms with E-state index in [0.717, 1.165) is 69.5 Å². The fourth-order valence-electron chi connectivity index (χ4n) is 4.39. The molecule has 1 spiro atoms. The van der Waals surface area contributed by atoms with Gasteiger partial charge in [0, 0.05) is 31.2 Å². The first-order chi connectivity index (χ1) is 12.7. The lowest BCUT2D eigenvalue weighted by Crippen LogP contribution is -2.33. The maximum absolute atomic E-state index is 12.5. The molecule has 6 nitrogen and oxygen atoms in total. The fraction of sp³-hybridized carbons (Fsp3) is 0.600.